The summed E-state index contributed by atoms with van der Waals surface area (Å²) in [6, 6.07) is 0. The number of carbonyl (C=O) groups is 2. The Morgan fingerprint density at radius 3 is 2.67 bits per heavy atom. The first-order valence-electron chi connectivity index (χ1n) is 7.51. The Hall–Kier alpha value is -1.63. The molecule has 0 aliphatic carbocycles. The minimum atomic E-state index is -0.688. The zero-order chi connectivity index (χ0) is 15.0. The van der Waals surface area contributed by atoms with Crippen molar-refractivity contribution in [3.63, 3.8) is 0 Å². The zero-order valence-electron chi connectivity index (χ0n) is 12.6. The lowest BCUT2D eigenvalue weighted by molar-refractivity contribution is -0.143. The Balaban J connectivity index is 1.64. The molecule has 0 bridgehead atoms. The van der Waals surface area contributed by atoms with Gasteiger partial charge in [-0.15, -0.1) is 0 Å². The predicted octanol–water partition coefficient (Wildman–Crippen LogP) is -0.426. The third kappa shape index (κ3) is 2.50. The highest BCUT2D eigenvalue weighted by atomic mass is 16.5. The summed E-state index contributed by atoms with van der Waals surface area (Å²) in [5.74, 6) is 0.631. The van der Waals surface area contributed by atoms with Crippen LogP contribution in [0.2, 0.25) is 0 Å². The van der Waals surface area contributed by atoms with Crippen LogP contribution < -0.4 is 5.32 Å². The number of piperidine rings is 1. The Bertz CT molecular complexity index is 475. The molecule has 7 nitrogen and oxygen atoms in total. The number of rotatable bonds is 1. The lowest BCUT2D eigenvalue weighted by Crippen LogP contribution is -2.52. The third-order valence-electron chi connectivity index (χ3n) is 4.50. The van der Waals surface area contributed by atoms with Gasteiger partial charge in [-0.05, 0) is 25.7 Å². The van der Waals surface area contributed by atoms with Crippen LogP contribution in [0.4, 0.5) is 0 Å². The summed E-state index contributed by atoms with van der Waals surface area (Å²) in [4.78, 5) is 32.7. The summed E-state index contributed by atoms with van der Waals surface area (Å²) in [7, 11) is 3.71. The van der Waals surface area contributed by atoms with Crippen molar-refractivity contribution in [1.29, 1.82) is 0 Å². The highest BCUT2D eigenvalue weighted by Crippen LogP contribution is 2.31. The molecule has 0 aromatic rings. The van der Waals surface area contributed by atoms with Crippen LogP contribution in [-0.2, 0) is 14.3 Å². The molecule has 7 heteroatoms. The number of guanidine groups is 1. The molecule has 2 amide bonds. The largest absolute Gasteiger partial charge is 0.368 e. The van der Waals surface area contributed by atoms with Crippen molar-refractivity contribution in [3.8, 4) is 0 Å². The van der Waals surface area contributed by atoms with Crippen molar-refractivity contribution in [2.75, 3.05) is 33.8 Å². The fraction of sp³-hybridized carbons (Fsp3) is 0.786. The van der Waals surface area contributed by atoms with E-state index < -0.39 is 5.54 Å². The van der Waals surface area contributed by atoms with Gasteiger partial charge in [0.1, 0.15) is 11.6 Å². The molecule has 3 rings (SSSR count). The molecule has 116 valence electrons. The molecule has 3 heterocycles. The number of amides is 2. The minimum absolute atomic E-state index is 0.0459. The van der Waals surface area contributed by atoms with Gasteiger partial charge >= 0.3 is 0 Å². The molecule has 0 aromatic carbocycles. The minimum Gasteiger partial charge on any atom is -0.368 e. The third-order valence-corrected chi connectivity index (χ3v) is 4.50. The van der Waals surface area contributed by atoms with Crippen molar-refractivity contribution in [2.24, 2.45) is 4.99 Å². The van der Waals surface area contributed by atoms with Gasteiger partial charge in [-0.2, -0.15) is 0 Å². The van der Waals surface area contributed by atoms with Crippen molar-refractivity contribution in [1.82, 2.24) is 15.1 Å². The number of aliphatic imine (C=N–C) groups is 1. The molecule has 1 atom stereocenters. The molecule has 0 unspecified atom stereocenters. The first kappa shape index (κ1) is 14.3. The molecule has 0 saturated carbocycles. The highest BCUT2D eigenvalue weighted by Gasteiger charge is 2.47. The summed E-state index contributed by atoms with van der Waals surface area (Å²) >= 11 is 0. The van der Waals surface area contributed by atoms with Gasteiger partial charge < -0.3 is 14.5 Å². The average molecular weight is 294 g/mol. The van der Waals surface area contributed by atoms with Crippen molar-refractivity contribution >= 4 is 17.8 Å². The number of hydrogen-bond donors (Lipinski definition) is 1. The molecule has 0 radical (unpaired) electrons. The fourth-order valence-electron chi connectivity index (χ4n) is 3.12. The first-order valence-corrected chi connectivity index (χ1v) is 7.51. The quantitative estimate of drug-likeness (QED) is 0.712. The Labute approximate surface area is 124 Å². The van der Waals surface area contributed by atoms with Gasteiger partial charge in [-0.1, -0.05) is 0 Å². The topological polar surface area (TPSA) is 74.2 Å². The van der Waals surface area contributed by atoms with Crippen LogP contribution in [0.5, 0.6) is 0 Å². The van der Waals surface area contributed by atoms with Crippen molar-refractivity contribution in [3.05, 3.63) is 0 Å². The van der Waals surface area contributed by atoms with E-state index in [-0.39, 0.29) is 17.9 Å². The van der Waals surface area contributed by atoms with Gasteiger partial charge in [-0.25, -0.2) is 4.99 Å². The summed E-state index contributed by atoms with van der Waals surface area (Å²) in [6.07, 6.45) is 2.64. The van der Waals surface area contributed by atoms with E-state index in [4.69, 9.17) is 4.74 Å². The standard InChI is InChI=1S/C14H22N4O3/c1-17(2)13-15-12(20)14(16-13)5-7-18(8-6-14)11(19)10-4-3-9-21-10/h10H,3-9H2,1-2H3,(H,15,16,20)/t10-/m0/s1. The number of hydrogen-bond acceptors (Lipinski definition) is 5. The fourth-order valence-corrected chi connectivity index (χ4v) is 3.12. The van der Waals surface area contributed by atoms with Crippen LogP contribution in [-0.4, -0.2) is 73.0 Å². The van der Waals surface area contributed by atoms with Crippen LogP contribution in [0.25, 0.3) is 0 Å². The second-order valence-electron chi connectivity index (χ2n) is 6.14. The predicted molar refractivity (Wildman–Crippen MR) is 76.8 cm³/mol. The molecule has 3 aliphatic heterocycles. The average Bonchev–Trinajstić information content (AvgIpc) is 3.09. The smallest absolute Gasteiger partial charge is 0.254 e. The lowest BCUT2D eigenvalue weighted by atomic mass is 9.88. The van der Waals surface area contributed by atoms with Gasteiger partial charge in [0.2, 0.25) is 5.96 Å². The monoisotopic (exact) mass is 294 g/mol. The summed E-state index contributed by atoms with van der Waals surface area (Å²) in [6.45, 7) is 1.81. The SMILES string of the molecule is CN(C)C1=NC2(CCN(C(=O)[C@@H]3CCCO3)CC2)C(=O)N1. The van der Waals surface area contributed by atoms with E-state index in [0.29, 0.717) is 38.5 Å². The van der Waals surface area contributed by atoms with Crippen LogP contribution >= 0.6 is 0 Å². The van der Waals surface area contributed by atoms with E-state index in [1.165, 1.54) is 0 Å². The second kappa shape index (κ2) is 5.29. The van der Waals surface area contributed by atoms with Crippen LogP contribution in [0.1, 0.15) is 25.7 Å². The van der Waals surface area contributed by atoms with Crippen LogP contribution in [0, 0.1) is 0 Å². The maximum Gasteiger partial charge on any atom is 0.254 e. The Morgan fingerprint density at radius 2 is 2.14 bits per heavy atom. The number of nitrogens with zero attached hydrogens (tertiary/aromatic N) is 3. The molecule has 2 fully saturated rings. The first-order chi connectivity index (χ1) is 10.0. The molecule has 1 N–H and O–H groups in total. The molecular formula is C14H22N4O3. The van der Waals surface area contributed by atoms with Crippen molar-refractivity contribution < 1.29 is 14.3 Å². The maximum absolute atomic E-state index is 12.3. The van der Waals surface area contributed by atoms with Gasteiger partial charge in [0.25, 0.3) is 11.8 Å². The number of likely N-dealkylation sites (tertiary alicyclic amines) is 1. The van der Waals surface area contributed by atoms with E-state index in [0.717, 1.165) is 12.8 Å². The van der Waals surface area contributed by atoms with Gasteiger partial charge in [0.15, 0.2) is 0 Å². The Kier molecular flexibility index (Phi) is 3.61. The van der Waals surface area contributed by atoms with Crippen LogP contribution in [0.3, 0.4) is 0 Å². The van der Waals surface area contributed by atoms with Gasteiger partial charge in [0, 0.05) is 33.8 Å². The number of carbonyl (C=O) groups excluding carboxylic acids is 2. The molecular weight excluding hydrogens is 272 g/mol. The number of nitrogens with one attached hydrogen (secondary N) is 1. The highest BCUT2D eigenvalue weighted by molar-refractivity contribution is 6.07. The molecule has 21 heavy (non-hydrogen) atoms. The van der Waals surface area contributed by atoms with E-state index in [1.807, 2.05) is 19.0 Å². The van der Waals surface area contributed by atoms with Crippen LogP contribution in [0.15, 0.2) is 4.99 Å². The molecule has 2 saturated heterocycles. The molecule has 1 spiro atoms. The van der Waals surface area contributed by atoms with Crippen molar-refractivity contribution in [2.45, 2.75) is 37.3 Å². The zero-order valence-corrected chi connectivity index (χ0v) is 12.6. The molecule has 0 aromatic heterocycles. The van der Waals surface area contributed by atoms with E-state index in [9.17, 15) is 9.59 Å². The second-order valence-corrected chi connectivity index (χ2v) is 6.14. The van der Waals surface area contributed by atoms with E-state index in [1.54, 1.807) is 4.90 Å². The molecule has 3 aliphatic rings. The maximum atomic E-state index is 12.3. The van der Waals surface area contributed by atoms with E-state index in [2.05, 4.69) is 10.3 Å². The van der Waals surface area contributed by atoms with Gasteiger partial charge in [-0.3, -0.25) is 14.9 Å². The normalized spacial score (nSPS) is 27.7. The summed E-state index contributed by atoms with van der Waals surface area (Å²) in [5.41, 5.74) is -0.688. The summed E-state index contributed by atoms with van der Waals surface area (Å²) < 4.78 is 5.45. The lowest BCUT2D eigenvalue weighted by Gasteiger charge is -2.36. The Morgan fingerprint density at radius 1 is 1.43 bits per heavy atom. The summed E-state index contributed by atoms with van der Waals surface area (Å²) in [5, 5.41) is 2.82. The van der Waals surface area contributed by atoms with Gasteiger partial charge in [0.05, 0.1) is 0 Å². The van der Waals surface area contributed by atoms with E-state index >= 15 is 0 Å². The number of ether oxygens (including phenoxy) is 1.